The summed E-state index contributed by atoms with van der Waals surface area (Å²) in [4.78, 5) is 0. The zero-order valence-electron chi connectivity index (χ0n) is 4.27. The van der Waals surface area contributed by atoms with Gasteiger partial charge in [0.2, 0.25) is 0 Å². The third-order valence-electron chi connectivity index (χ3n) is 0.977. The Bertz CT molecular complexity index is 135. The number of hydrogen-bond acceptors (Lipinski definition) is 0. The Kier molecular flexibility index (Phi) is 1.52. The van der Waals surface area contributed by atoms with Crippen molar-refractivity contribution in [2.45, 2.75) is 11.0 Å². The van der Waals surface area contributed by atoms with Crippen LogP contribution in [0.3, 0.4) is 0 Å². The van der Waals surface area contributed by atoms with Gasteiger partial charge in [0.1, 0.15) is 0 Å². The van der Waals surface area contributed by atoms with E-state index in [1.807, 2.05) is 6.08 Å². The van der Waals surface area contributed by atoms with Crippen LogP contribution in [0.1, 0.15) is 6.42 Å². The Morgan fingerprint density at radius 3 is 2.50 bits per heavy atom. The van der Waals surface area contributed by atoms with E-state index >= 15 is 0 Å². The SMILES string of the molecule is [18F]C1(Br)C=CC=CC1. The van der Waals surface area contributed by atoms with Crippen LogP contribution in [0.5, 0.6) is 0 Å². The van der Waals surface area contributed by atoms with Gasteiger partial charge in [-0.1, -0.05) is 18.2 Å². The second-order valence-corrected chi connectivity index (χ2v) is 3.07. The molecule has 0 amide bonds. The van der Waals surface area contributed by atoms with Gasteiger partial charge in [-0.2, -0.15) is 0 Å². The largest absolute Gasteiger partial charge is 0.226 e. The highest BCUT2D eigenvalue weighted by Crippen LogP contribution is 2.28. The average Bonchev–Trinajstić information content (AvgIpc) is 1.65. The van der Waals surface area contributed by atoms with Crippen LogP contribution >= 0.6 is 15.9 Å². The molecule has 0 aromatic carbocycles. The number of allylic oxidation sites excluding steroid dienone is 4. The molecule has 0 aliphatic heterocycles. The van der Waals surface area contributed by atoms with Crippen molar-refractivity contribution >= 4 is 15.9 Å². The van der Waals surface area contributed by atoms with Crippen molar-refractivity contribution in [3.63, 3.8) is 0 Å². The first kappa shape index (κ1) is 6.02. The van der Waals surface area contributed by atoms with Gasteiger partial charge < -0.3 is 0 Å². The first-order valence-corrected chi connectivity index (χ1v) is 3.22. The molecule has 1 aliphatic rings. The zero-order chi connectivity index (χ0) is 6.04. The minimum atomic E-state index is -1.28. The predicted octanol–water partition coefficient (Wildman–Crippen LogP) is 2.56. The minimum Gasteiger partial charge on any atom is -0.226 e. The standard InChI is InChI=1S/C6H6BrF/c7-6(8)4-2-1-3-5-6/h1-4H,5H2/i8-1. The van der Waals surface area contributed by atoms with Crippen molar-refractivity contribution in [1.29, 1.82) is 0 Å². The van der Waals surface area contributed by atoms with E-state index in [2.05, 4.69) is 15.9 Å². The predicted molar refractivity (Wildman–Crippen MR) is 35.7 cm³/mol. The lowest BCUT2D eigenvalue weighted by Gasteiger charge is -2.11. The van der Waals surface area contributed by atoms with Gasteiger partial charge in [-0.3, -0.25) is 0 Å². The third kappa shape index (κ3) is 1.44. The van der Waals surface area contributed by atoms with E-state index in [1.165, 1.54) is 6.08 Å². The summed E-state index contributed by atoms with van der Waals surface area (Å²) in [5.41, 5.74) is 0. The molecular weight excluding hydrogens is 170 g/mol. The maximum Gasteiger partial charge on any atom is 0.186 e. The van der Waals surface area contributed by atoms with Gasteiger partial charge in [0.15, 0.2) is 4.58 Å². The highest BCUT2D eigenvalue weighted by Gasteiger charge is 2.20. The van der Waals surface area contributed by atoms with Crippen LogP contribution < -0.4 is 0 Å². The molecule has 0 aromatic heterocycles. The molecule has 2 heteroatoms. The summed E-state index contributed by atoms with van der Waals surface area (Å²) < 4.78 is 11.4. The Balaban J connectivity index is 2.65. The molecule has 0 saturated heterocycles. The molecule has 1 atom stereocenters. The summed E-state index contributed by atoms with van der Waals surface area (Å²) in [5.74, 6) is 0. The highest BCUT2D eigenvalue weighted by atomic mass is 79.9. The van der Waals surface area contributed by atoms with Gasteiger partial charge in [0.25, 0.3) is 0 Å². The van der Waals surface area contributed by atoms with E-state index < -0.39 is 4.58 Å². The molecule has 1 unspecified atom stereocenters. The van der Waals surface area contributed by atoms with Crippen molar-refractivity contribution in [2.75, 3.05) is 0 Å². The van der Waals surface area contributed by atoms with Crippen LogP contribution in [-0.2, 0) is 0 Å². The maximum atomic E-state index is 12.6. The first-order valence-electron chi connectivity index (χ1n) is 2.43. The van der Waals surface area contributed by atoms with Gasteiger partial charge in [0.05, 0.1) is 0 Å². The van der Waals surface area contributed by atoms with Crippen LogP contribution in [0.25, 0.3) is 0 Å². The normalized spacial score (nSPS) is 35.8. The van der Waals surface area contributed by atoms with E-state index in [0.29, 0.717) is 6.42 Å². The molecule has 0 fully saturated rings. The van der Waals surface area contributed by atoms with Crippen LogP contribution in [0, 0.1) is 0 Å². The fourth-order valence-corrected chi connectivity index (χ4v) is 0.908. The van der Waals surface area contributed by atoms with Crippen LogP contribution in [-0.4, -0.2) is 4.58 Å². The fraction of sp³-hybridized carbons (Fsp3) is 0.333. The van der Waals surface area contributed by atoms with Crippen molar-refractivity contribution in [1.82, 2.24) is 0 Å². The Morgan fingerprint density at radius 1 is 1.50 bits per heavy atom. The number of alkyl halides is 2. The molecule has 1 aliphatic carbocycles. The molecule has 0 bridgehead atoms. The Labute approximate surface area is 56.2 Å². The van der Waals surface area contributed by atoms with Crippen LogP contribution in [0.15, 0.2) is 24.3 Å². The van der Waals surface area contributed by atoms with E-state index in [9.17, 15) is 4.39 Å². The molecule has 0 spiro atoms. The van der Waals surface area contributed by atoms with E-state index in [0.717, 1.165) is 0 Å². The molecule has 0 nitrogen and oxygen atoms in total. The van der Waals surface area contributed by atoms with E-state index in [1.54, 1.807) is 12.2 Å². The molecule has 0 saturated carbocycles. The van der Waals surface area contributed by atoms with Gasteiger partial charge in [-0.25, -0.2) is 4.39 Å². The van der Waals surface area contributed by atoms with E-state index in [-0.39, 0.29) is 0 Å². The van der Waals surface area contributed by atoms with Gasteiger partial charge in [0, 0.05) is 6.42 Å². The van der Waals surface area contributed by atoms with Crippen molar-refractivity contribution in [3.8, 4) is 0 Å². The molecular formula is C6H6BrF. The lowest BCUT2D eigenvalue weighted by molar-refractivity contribution is 0.367. The fourth-order valence-electron chi connectivity index (χ4n) is 0.568. The van der Waals surface area contributed by atoms with Gasteiger partial charge in [-0.05, 0) is 22.0 Å². The monoisotopic (exact) mass is 175 g/mol. The van der Waals surface area contributed by atoms with Gasteiger partial charge in [-0.15, -0.1) is 0 Å². The third-order valence-corrected chi connectivity index (χ3v) is 1.57. The average molecular weight is 176 g/mol. The topological polar surface area (TPSA) is 0 Å². The van der Waals surface area contributed by atoms with Crippen molar-refractivity contribution in [3.05, 3.63) is 24.3 Å². The second-order valence-electron chi connectivity index (χ2n) is 1.75. The summed E-state index contributed by atoms with van der Waals surface area (Å²) in [6, 6.07) is 0. The minimum absolute atomic E-state index is 0.434. The summed E-state index contributed by atoms with van der Waals surface area (Å²) in [6.07, 6.45) is 7.24. The Morgan fingerprint density at radius 2 is 2.25 bits per heavy atom. The smallest absolute Gasteiger partial charge is 0.186 e. The molecule has 0 heterocycles. The second kappa shape index (κ2) is 2.02. The molecule has 8 heavy (non-hydrogen) atoms. The number of hydrogen-bond donors (Lipinski definition) is 0. The molecule has 0 radical (unpaired) electrons. The summed E-state index contributed by atoms with van der Waals surface area (Å²) in [5, 5.41) is 0. The lowest BCUT2D eigenvalue weighted by Crippen LogP contribution is -2.08. The van der Waals surface area contributed by atoms with Crippen molar-refractivity contribution in [2.24, 2.45) is 0 Å². The molecule has 0 N–H and O–H groups in total. The molecule has 1 rings (SSSR count). The summed E-state index contributed by atoms with van der Waals surface area (Å²) >= 11 is 2.89. The quantitative estimate of drug-likeness (QED) is 0.497. The van der Waals surface area contributed by atoms with Gasteiger partial charge >= 0.3 is 0 Å². The summed E-state index contributed by atoms with van der Waals surface area (Å²) in [6.45, 7) is 0. The lowest BCUT2D eigenvalue weighted by atomic mass is 10.2. The number of halogens is 2. The maximum absolute atomic E-state index is 12.6. The summed E-state index contributed by atoms with van der Waals surface area (Å²) in [7, 11) is 0. The first-order chi connectivity index (χ1) is 3.71. The van der Waals surface area contributed by atoms with Crippen LogP contribution in [0.4, 0.5) is 4.39 Å². The van der Waals surface area contributed by atoms with E-state index in [4.69, 9.17) is 0 Å². The Hall–Kier alpha value is -0.110. The van der Waals surface area contributed by atoms with Crippen LogP contribution in [0.2, 0.25) is 0 Å². The molecule has 44 valence electrons. The number of rotatable bonds is 0. The zero-order valence-corrected chi connectivity index (χ0v) is 5.86. The molecule has 0 aromatic rings. The highest BCUT2D eigenvalue weighted by molar-refractivity contribution is 9.10. The van der Waals surface area contributed by atoms with Crippen molar-refractivity contribution < 1.29 is 4.39 Å².